The second-order valence-corrected chi connectivity index (χ2v) is 11.9. The van der Waals surface area contributed by atoms with Crippen LogP contribution in [0.5, 0.6) is 23.0 Å². The Labute approximate surface area is 296 Å². The van der Waals surface area contributed by atoms with Crippen molar-refractivity contribution in [3.63, 3.8) is 0 Å². The maximum Gasteiger partial charge on any atom is 0.416 e. The predicted molar refractivity (Wildman–Crippen MR) is 179 cm³/mol. The number of ether oxygens (including phenoxy) is 4. The predicted octanol–water partition coefficient (Wildman–Crippen LogP) is 8.57. The highest BCUT2D eigenvalue weighted by Gasteiger charge is 2.37. The molecule has 0 atom stereocenters. The Morgan fingerprint density at radius 1 is 0.846 bits per heavy atom. The third kappa shape index (κ3) is 10.2. The van der Waals surface area contributed by atoms with Gasteiger partial charge < -0.3 is 29.0 Å². The molecule has 0 aliphatic rings. The molecule has 0 radical (unpaired) electrons. The van der Waals surface area contributed by atoms with E-state index in [0.717, 1.165) is 5.69 Å². The summed E-state index contributed by atoms with van der Waals surface area (Å²) in [6, 6.07) is 8.28. The first kappa shape index (κ1) is 39.5. The van der Waals surface area contributed by atoms with Gasteiger partial charge in [-0.15, -0.1) is 0 Å². The van der Waals surface area contributed by atoms with Gasteiger partial charge in [0.15, 0.2) is 17.2 Å². The number of nitrogens with zero attached hydrogens (tertiary/aromatic N) is 4. The molecule has 1 N–H and O–H groups in total. The summed E-state index contributed by atoms with van der Waals surface area (Å²) >= 11 is 0. The van der Waals surface area contributed by atoms with Crippen molar-refractivity contribution in [1.82, 2.24) is 15.0 Å². The summed E-state index contributed by atoms with van der Waals surface area (Å²) in [7, 11) is 2.86. The number of carboxylic acid groups (broad SMARTS) is 1. The summed E-state index contributed by atoms with van der Waals surface area (Å²) in [6.45, 7) is 5.43. The van der Waals surface area contributed by atoms with Gasteiger partial charge >= 0.3 is 18.3 Å². The lowest BCUT2D eigenvalue weighted by molar-refractivity contribution is -0.143. The quantitative estimate of drug-likeness (QED) is 0.0886. The average Bonchev–Trinajstić information content (AvgIpc) is 3.09. The number of hydrogen-bond acceptors (Lipinski definition) is 9. The third-order valence-corrected chi connectivity index (χ3v) is 7.72. The van der Waals surface area contributed by atoms with E-state index in [1.54, 1.807) is 25.1 Å². The van der Waals surface area contributed by atoms with Gasteiger partial charge in [-0.1, -0.05) is 13.8 Å². The van der Waals surface area contributed by atoms with Crippen LogP contribution in [0.3, 0.4) is 0 Å². The van der Waals surface area contributed by atoms with Crippen LogP contribution in [-0.2, 0) is 30.2 Å². The summed E-state index contributed by atoms with van der Waals surface area (Å²) in [5.74, 6) is 0.206. The minimum atomic E-state index is -5.06. The highest BCUT2D eigenvalue weighted by molar-refractivity contribution is 5.74. The number of pyridine rings is 1. The fraction of sp³-hybridized carbons (Fsp3) is 0.389. The third-order valence-electron chi connectivity index (χ3n) is 7.72. The Morgan fingerprint density at radius 3 is 2.00 bits per heavy atom. The molecular weight excluding hydrogens is 698 g/mol. The standard InChI is InChI=1S/C36H38F6N4O6/c1-6-51-29-10-9-28(21(2)3)45-33(29)27-16-31(50-5)30(49-4)14-23(27)20-46(34-43-17-26(18-44-34)52-11-7-8-32(47)48)19-22-12-24(35(37,38)39)15-25(13-22)36(40,41)42/h9-10,12-18,21H,6-8,11,19-20H2,1-5H3,(H,47,48). The molecule has 52 heavy (non-hydrogen) atoms. The molecule has 0 saturated carbocycles. The molecule has 0 bridgehead atoms. The fourth-order valence-corrected chi connectivity index (χ4v) is 5.21. The zero-order valence-corrected chi connectivity index (χ0v) is 29.1. The van der Waals surface area contributed by atoms with Crippen molar-refractivity contribution in [3.8, 4) is 34.3 Å². The van der Waals surface area contributed by atoms with E-state index in [2.05, 4.69) is 9.97 Å². The number of carboxylic acids is 1. The summed E-state index contributed by atoms with van der Waals surface area (Å²) in [5, 5.41) is 8.87. The number of hydrogen-bond donors (Lipinski definition) is 1. The molecule has 16 heteroatoms. The first-order valence-electron chi connectivity index (χ1n) is 16.1. The van der Waals surface area contributed by atoms with Gasteiger partial charge in [-0.25, -0.2) is 15.0 Å². The number of carbonyl (C=O) groups is 1. The summed E-state index contributed by atoms with van der Waals surface area (Å²) in [5.41, 5.74) is -1.11. The van der Waals surface area contributed by atoms with Crippen LogP contribution in [-0.4, -0.2) is 53.5 Å². The number of benzene rings is 2. The van der Waals surface area contributed by atoms with Crippen LogP contribution in [0.4, 0.5) is 32.3 Å². The zero-order chi connectivity index (χ0) is 38.2. The molecule has 2 heterocycles. The van der Waals surface area contributed by atoms with Gasteiger partial charge in [0.1, 0.15) is 11.4 Å². The first-order valence-corrected chi connectivity index (χ1v) is 16.1. The largest absolute Gasteiger partial charge is 0.493 e. The van der Waals surface area contributed by atoms with Crippen LogP contribution in [0.25, 0.3) is 11.3 Å². The van der Waals surface area contributed by atoms with Crippen molar-refractivity contribution >= 4 is 11.9 Å². The van der Waals surface area contributed by atoms with Crippen molar-refractivity contribution in [2.24, 2.45) is 0 Å². The van der Waals surface area contributed by atoms with Gasteiger partial charge in [0.2, 0.25) is 5.95 Å². The van der Waals surface area contributed by atoms with Gasteiger partial charge in [0, 0.05) is 30.8 Å². The van der Waals surface area contributed by atoms with Crippen LogP contribution in [0.1, 0.15) is 67.5 Å². The molecule has 0 spiro atoms. The summed E-state index contributed by atoms with van der Waals surface area (Å²) in [4.78, 5) is 25.8. The van der Waals surface area contributed by atoms with Gasteiger partial charge in [-0.05, 0) is 72.9 Å². The smallest absolute Gasteiger partial charge is 0.416 e. The number of methoxy groups -OCH3 is 2. The van der Waals surface area contributed by atoms with Gasteiger partial charge in [0.05, 0.1) is 51.0 Å². The van der Waals surface area contributed by atoms with Gasteiger partial charge in [-0.3, -0.25) is 4.79 Å². The molecular formula is C36H38F6N4O6. The molecule has 4 aromatic rings. The summed E-state index contributed by atoms with van der Waals surface area (Å²) in [6.07, 6.45) is -7.48. The van der Waals surface area contributed by atoms with Crippen LogP contribution in [0.2, 0.25) is 0 Å². The normalized spacial score (nSPS) is 11.8. The minimum absolute atomic E-state index is 0.0246. The number of aromatic nitrogens is 3. The van der Waals surface area contributed by atoms with Crippen LogP contribution in [0, 0.1) is 0 Å². The number of aliphatic carboxylic acids is 1. The van der Waals surface area contributed by atoms with Crippen LogP contribution in [0.15, 0.2) is 54.9 Å². The fourth-order valence-electron chi connectivity index (χ4n) is 5.21. The molecule has 280 valence electrons. The molecule has 0 unspecified atom stereocenters. The van der Waals surface area contributed by atoms with Gasteiger partial charge in [-0.2, -0.15) is 26.3 Å². The van der Waals surface area contributed by atoms with E-state index in [1.165, 1.54) is 31.5 Å². The highest BCUT2D eigenvalue weighted by Crippen LogP contribution is 2.41. The van der Waals surface area contributed by atoms with E-state index < -0.39 is 36.0 Å². The number of rotatable bonds is 16. The number of halogens is 6. The van der Waals surface area contributed by atoms with Crippen LogP contribution < -0.4 is 23.8 Å². The lowest BCUT2D eigenvalue weighted by atomic mass is 9.99. The average molecular weight is 737 g/mol. The molecule has 0 saturated heterocycles. The molecule has 0 aliphatic carbocycles. The SMILES string of the molecule is CCOc1ccc(C(C)C)nc1-c1cc(OC)c(OC)cc1CN(Cc1cc(C(F)(F)F)cc(C(F)(F)F)c1)c1ncc(OCCCC(=O)O)cn1. The minimum Gasteiger partial charge on any atom is -0.493 e. The molecule has 2 aromatic carbocycles. The molecule has 0 amide bonds. The van der Waals surface area contributed by atoms with Crippen molar-refractivity contribution in [1.29, 1.82) is 0 Å². The molecule has 0 fully saturated rings. The Balaban J connectivity index is 1.89. The van der Waals surface area contributed by atoms with E-state index in [4.69, 9.17) is 29.0 Å². The first-order chi connectivity index (χ1) is 24.5. The van der Waals surface area contributed by atoms with Crippen molar-refractivity contribution in [2.75, 3.05) is 32.3 Å². The Bertz CT molecular complexity index is 1800. The molecule has 2 aromatic heterocycles. The van der Waals surface area contributed by atoms with Crippen molar-refractivity contribution in [3.05, 3.63) is 82.8 Å². The summed E-state index contributed by atoms with van der Waals surface area (Å²) < 4.78 is 106. The highest BCUT2D eigenvalue weighted by atomic mass is 19.4. The molecule has 4 rings (SSSR count). The molecule has 10 nitrogen and oxygen atoms in total. The van der Waals surface area contributed by atoms with E-state index in [9.17, 15) is 31.1 Å². The second-order valence-electron chi connectivity index (χ2n) is 11.9. The van der Waals surface area contributed by atoms with E-state index in [1.807, 2.05) is 19.9 Å². The second kappa shape index (κ2) is 16.8. The van der Waals surface area contributed by atoms with E-state index in [0.29, 0.717) is 52.8 Å². The Morgan fingerprint density at radius 2 is 1.46 bits per heavy atom. The number of alkyl halides is 6. The zero-order valence-electron chi connectivity index (χ0n) is 29.1. The van der Waals surface area contributed by atoms with E-state index in [-0.39, 0.29) is 55.2 Å². The Hall–Kier alpha value is -5.28. The van der Waals surface area contributed by atoms with Crippen molar-refractivity contribution < 1.29 is 55.2 Å². The monoisotopic (exact) mass is 736 g/mol. The number of anilines is 1. The lowest BCUT2D eigenvalue weighted by Crippen LogP contribution is -2.25. The van der Waals surface area contributed by atoms with Crippen LogP contribution >= 0.6 is 0 Å². The lowest BCUT2D eigenvalue weighted by Gasteiger charge is -2.26. The topological polar surface area (TPSA) is 116 Å². The molecule has 0 aliphatic heterocycles. The Kier molecular flexibility index (Phi) is 12.8. The van der Waals surface area contributed by atoms with Gasteiger partial charge in [0.25, 0.3) is 0 Å². The van der Waals surface area contributed by atoms with E-state index >= 15 is 0 Å². The van der Waals surface area contributed by atoms with Crippen molar-refractivity contribution in [2.45, 2.75) is 65.0 Å². The maximum atomic E-state index is 13.8. The maximum absolute atomic E-state index is 13.8.